The topological polar surface area (TPSA) is 68.5 Å². The Bertz CT molecular complexity index is 486. The lowest BCUT2D eigenvalue weighted by atomic mass is 10.1. The first-order chi connectivity index (χ1) is 10.1. The predicted octanol–water partition coefficient (Wildman–Crippen LogP) is 2.97. The van der Waals surface area contributed by atoms with Crippen LogP contribution in [0, 0.1) is 6.92 Å². The second kappa shape index (κ2) is 7.29. The Balaban J connectivity index is 1.84. The van der Waals surface area contributed by atoms with Gasteiger partial charge in [0.2, 0.25) is 0 Å². The van der Waals surface area contributed by atoms with Crippen molar-refractivity contribution >= 4 is 11.9 Å². The van der Waals surface area contributed by atoms with Gasteiger partial charge in [0.15, 0.2) is 6.10 Å². The van der Waals surface area contributed by atoms with Crippen LogP contribution >= 0.6 is 0 Å². The van der Waals surface area contributed by atoms with E-state index in [1.807, 2.05) is 0 Å². The zero-order valence-corrected chi connectivity index (χ0v) is 12.7. The SMILES string of the molecule is Cc1occc1C(=O)O[C@H](C)C(=O)NC1CCCCCC1. The number of nitrogens with one attached hydrogen (secondary N) is 1. The molecule has 1 fully saturated rings. The molecular weight excluding hydrogens is 270 g/mol. The van der Waals surface area contributed by atoms with Gasteiger partial charge < -0.3 is 14.5 Å². The molecule has 0 aromatic carbocycles. The van der Waals surface area contributed by atoms with Gasteiger partial charge in [-0.05, 0) is 32.8 Å². The average molecular weight is 293 g/mol. The van der Waals surface area contributed by atoms with Gasteiger partial charge in [0.1, 0.15) is 11.3 Å². The van der Waals surface area contributed by atoms with E-state index in [0.717, 1.165) is 25.7 Å². The molecule has 0 saturated heterocycles. The molecular formula is C16H23NO4. The summed E-state index contributed by atoms with van der Waals surface area (Å²) in [4.78, 5) is 24.0. The van der Waals surface area contributed by atoms with Gasteiger partial charge in [-0.2, -0.15) is 0 Å². The molecule has 1 heterocycles. The van der Waals surface area contributed by atoms with Crippen molar-refractivity contribution in [3.8, 4) is 0 Å². The minimum Gasteiger partial charge on any atom is -0.469 e. The molecule has 5 nitrogen and oxygen atoms in total. The highest BCUT2D eigenvalue weighted by molar-refractivity contribution is 5.92. The number of rotatable bonds is 4. The molecule has 1 aliphatic rings. The van der Waals surface area contributed by atoms with Gasteiger partial charge in [-0.25, -0.2) is 4.79 Å². The molecule has 1 amide bonds. The highest BCUT2D eigenvalue weighted by atomic mass is 16.5. The third-order valence-electron chi connectivity index (χ3n) is 3.93. The maximum atomic E-state index is 12.1. The summed E-state index contributed by atoms with van der Waals surface area (Å²) in [5, 5.41) is 2.98. The van der Waals surface area contributed by atoms with Crippen molar-refractivity contribution in [2.45, 2.75) is 64.5 Å². The zero-order chi connectivity index (χ0) is 15.2. The summed E-state index contributed by atoms with van der Waals surface area (Å²) in [5.41, 5.74) is 0.365. The Morgan fingerprint density at radius 3 is 2.52 bits per heavy atom. The van der Waals surface area contributed by atoms with E-state index < -0.39 is 12.1 Å². The normalized spacial score (nSPS) is 17.8. The fourth-order valence-corrected chi connectivity index (χ4v) is 2.62. The summed E-state index contributed by atoms with van der Waals surface area (Å²) in [6, 6.07) is 1.75. The summed E-state index contributed by atoms with van der Waals surface area (Å²) in [5.74, 6) is -0.252. The third-order valence-corrected chi connectivity index (χ3v) is 3.93. The highest BCUT2D eigenvalue weighted by Gasteiger charge is 2.23. The van der Waals surface area contributed by atoms with Crippen LogP contribution in [0.3, 0.4) is 0 Å². The van der Waals surface area contributed by atoms with Gasteiger partial charge in [0.05, 0.1) is 6.26 Å². The minimum atomic E-state index is -0.796. The monoisotopic (exact) mass is 293 g/mol. The van der Waals surface area contributed by atoms with E-state index in [1.54, 1.807) is 19.9 Å². The van der Waals surface area contributed by atoms with E-state index in [9.17, 15) is 9.59 Å². The number of amides is 1. The molecule has 0 radical (unpaired) electrons. The molecule has 1 N–H and O–H groups in total. The van der Waals surface area contributed by atoms with Crippen molar-refractivity contribution < 1.29 is 18.7 Å². The van der Waals surface area contributed by atoms with Crippen molar-refractivity contribution in [2.75, 3.05) is 0 Å². The molecule has 116 valence electrons. The van der Waals surface area contributed by atoms with Crippen molar-refractivity contribution in [2.24, 2.45) is 0 Å². The van der Waals surface area contributed by atoms with E-state index in [-0.39, 0.29) is 11.9 Å². The van der Waals surface area contributed by atoms with Crippen LogP contribution < -0.4 is 5.32 Å². The number of ether oxygens (including phenoxy) is 1. The van der Waals surface area contributed by atoms with Crippen LogP contribution in [0.2, 0.25) is 0 Å². The number of hydrogen-bond donors (Lipinski definition) is 1. The average Bonchev–Trinajstić information content (AvgIpc) is 2.72. The van der Waals surface area contributed by atoms with E-state index in [1.165, 1.54) is 19.1 Å². The summed E-state index contributed by atoms with van der Waals surface area (Å²) in [6.45, 7) is 3.28. The Morgan fingerprint density at radius 2 is 1.95 bits per heavy atom. The molecule has 1 aliphatic carbocycles. The Morgan fingerprint density at radius 1 is 1.29 bits per heavy atom. The predicted molar refractivity (Wildman–Crippen MR) is 78.0 cm³/mol. The van der Waals surface area contributed by atoms with Crippen LogP contribution in [-0.4, -0.2) is 24.0 Å². The summed E-state index contributed by atoms with van der Waals surface area (Å²) >= 11 is 0. The molecule has 1 aromatic rings. The fraction of sp³-hybridized carbons (Fsp3) is 0.625. The van der Waals surface area contributed by atoms with Gasteiger partial charge in [-0.1, -0.05) is 25.7 Å². The molecule has 5 heteroatoms. The van der Waals surface area contributed by atoms with Gasteiger partial charge in [-0.15, -0.1) is 0 Å². The molecule has 0 bridgehead atoms. The fourth-order valence-electron chi connectivity index (χ4n) is 2.62. The van der Waals surface area contributed by atoms with Crippen molar-refractivity contribution in [3.05, 3.63) is 23.7 Å². The second-order valence-corrected chi connectivity index (χ2v) is 5.64. The van der Waals surface area contributed by atoms with E-state index in [4.69, 9.17) is 9.15 Å². The lowest BCUT2D eigenvalue weighted by Gasteiger charge is -2.19. The maximum absolute atomic E-state index is 12.1. The van der Waals surface area contributed by atoms with Crippen molar-refractivity contribution in [1.29, 1.82) is 0 Å². The molecule has 1 aromatic heterocycles. The van der Waals surface area contributed by atoms with E-state index in [2.05, 4.69) is 5.32 Å². The lowest BCUT2D eigenvalue weighted by Crippen LogP contribution is -2.41. The van der Waals surface area contributed by atoms with Crippen LogP contribution in [0.4, 0.5) is 0 Å². The highest BCUT2D eigenvalue weighted by Crippen LogP contribution is 2.17. The molecule has 0 spiro atoms. The van der Waals surface area contributed by atoms with Crippen molar-refractivity contribution in [3.63, 3.8) is 0 Å². The molecule has 0 unspecified atom stereocenters. The Labute approximate surface area is 125 Å². The van der Waals surface area contributed by atoms with Gasteiger partial charge in [-0.3, -0.25) is 4.79 Å². The van der Waals surface area contributed by atoms with E-state index >= 15 is 0 Å². The smallest absolute Gasteiger partial charge is 0.342 e. The molecule has 1 atom stereocenters. The number of aryl methyl sites for hydroxylation is 1. The van der Waals surface area contributed by atoms with Crippen LogP contribution in [0.15, 0.2) is 16.7 Å². The van der Waals surface area contributed by atoms with Crippen LogP contribution in [0.5, 0.6) is 0 Å². The number of esters is 1. The first-order valence-electron chi connectivity index (χ1n) is 7.63. The first kappa shape index (κ1) is 15.6. The Kier molecular flexibility index (Phi) is 5.42. The number of carbonyl (C=O) groups excluding carboxylic acids is 2. The largest absolute Gasteiger partial charge is 0.469 e. The standard InChI is InChI=1S/C16H23NO4/c1-11-14(9-10-20-11)16(19)21-12(2)15(18)17-13-7-5-3-4-6-8-13/h9-10,12-13H,3-8H2,1-2H3,(H,17,18)/t12-/m1/s1. The molecule has 21 heavy (non-hydrogen) atoms. The first-order valence-corrected chi connectivity index (χ1v) is 7.63. The maximum Gasteiger partial charge on any atom is 0.342 e. The van der Waals surface area contributed by atoms with Crippen LogP contribution in [-0.2, 0) is 9.53 Å². The van der Waals surface area contributed by atoms with Crippen LogP contribution in [0.1, 0.15) is 61.6 Å². The van der Waals surface area contributed by atoms with Gasteiger partial charge in [0, 0.05) is 6.04 Å². The quantitative estimate of drug-likeness (QED) is 0.684. The van der Waals surface area contributed by atoms with Gasteiger partial charge >= 0.3 is 5.97 Å². The third kappa shape index (κ3) is 4.34. The van der Waals surface area contributed by atoms with E-state index in [0.29, 0.717) is 11.3 Å². The number of carbonyl (C=O) groups is 2. The molecule has 2 rings (SSSR count). The minimum absolute atomic E-state index is 0.205. The van der Waals surface area contributed by atoms with Gasteiger partial charge in [0.25, 0.3) is 5.91 Å². The summed E-state index contributed by atoms with van der Waals surface area (Å²) < 4.78 is 10.3. The zero-order valence-electron chi connectivity index (χ0n) is 12.7. The number of hydrogen-bond acceptors (Lipinski definition) is 4. The lowest BCUT2D eigenvalue weighted by molar-refractivity contribution is -0.129. The number of furan rings is 1. The van der Waals surface area contributed by atoms with Crippen LogP contribution in [0.25, 0.3) is 0 Å². The molecule has 0 aliphatic heterocycles. The summed E-state index contributed by atoms with van der Waals surface area (Å²) in [6.07, 6.45) is 7.41. The Hall–Kier alpha value is -1.78. The summed E-state index contributed by atoms with van der Waals surface area (Å²) in [7, 11) is 0. The second-order valence-electron chi connectivity index (χ2n) is 5.64. The molecule has 1 saturated carbocycles. The van der Waals surface area contributed by atoms with Crippen molar-refractivity contribution in [1.82, 2.24) is 5.32 Å².